The highest BCUT2D eigenvalue weighted by Crippen LogP contribution is 2.25. The molecule has 2 aromatic rings. The number of nitrogens with one attached hydrogen (secondary N) is 2. The Hall–Kier alpha value is -2.46. The average molecular weight is 432 g/mol. The van der Waals surface area contributed by atoms with Gasteiger partial charge in [0.15, 0.2) is 0 Å². The molecule has 31 heavy (non-hydrogen) atoms. The van der Waals surface area contributed by atoms with Crippen LogP contribution in [0.1, 0.15) is 18.4 Å². The van der Waals surface area contributed by atoms with Gasteiger partial charge in [-0.05, 0) is 30.5 Å². The molecule has 0 saturated carbocycles. The normalized spacial score (nSPS) is 18.7. The van der Waals surface area contributed by atoms with Gasteiger partial charge in [-0.15, -0.1) is 0 Å². The molecule has 1 aliphatic heterocycles. The van der Waals surface area contributed by atoms with E-state index < -0.39 is 5.60 Å². The monoisotopic (exact) mass is 431 g/mol. The summed E-state index contributed by atoms with van der Waals surface area (Å²) >= 11 is 0. The first-order valence-electron chi connectivity index (χ1n) is 10.7. The highest BCUT2D eigenvalue weighted by Gasteiger charge is 2.33. The van der Waals surface area contributed by atoms with E-state index in [1.807, 2.05) is 37.4 Å². The van der Waals surface area contributed by atoms with Gasteiger partial charge in [-0.1, -0.05) is 12.1 Å². The van der Waals surface area contributed by atoms with E-state index in [4.69, 9.17) is 14.6 Å². The van der Waals surface area contributed by atoms with Crippen LogP contribution in [0.25, 0.3) is 0 Å². The summed E-state index contributed by atoms with van der Waals surface area (Å²) in [5, 5.41) is 26.2. The van der Waals surface area contributed by atoms with Gasteiger partial charge >= 0.3 is 0 Å². The van der Waals surface area contributed by atoms with Crippen molar-refractivity contribution in [1.29, 1.82) is 0 Å². The first-order valence-corrected chi connectivity index (χ1v) is 10.7. The van der Waals surface area contributed by atoms with E-state index in [9.17, 15) is 5.11 Å². The lowest BCUT2D eigenvalue weighted by atomic mass is 9.92. The van der Waals surface area contributed by atoms with Crippen LogP contribution in [-0.2, 0) is 11.3 Å². The minimum absolute atomic E-state index is 0.0206. The zero-order valence-electron chi connectivity index (χ0n) is 18.1. The first kappa shape index (κ1) is 23.2. The fourth-order valence-corrected chi connectivity index (χ4v) is 3.64. The number of β-amino-alcohol motifs (C(OH)–C–C–N with tert-alkyl or cyclic N) is 1. The fraction of sp³-hybridized carbons (Fsp3) is 0.545. The van der Waals surface area contributed by atoms with Gasteiger partial charge in [-0.3, -0.25) is 0 Å². The van der Waals surface area contributed by atoms with E-state index in [2.05, 4.69) is 25.5 Å². The number of aliphatic hydroxyl groups excluding tert-OH is 1. The largest absolute Gasteiger partial charge is 0.491 e. The Morgan fingerprint density at radius 1 is 1.16 bits per heavy atom. The van der Waals surface area contributed by atoms with Crippen molar-refractivity contribution >= 4 is 11.6 Å². The molecule has 9 nitrogen and oxygen atoms in total. The number of rotatable bonds is 12. The van der Waals surface area contributed by atoms with E-state index in [1.54, 1.807) is 6.33 Å². The molecule has 9 heteroatoms. The molecule has 0 spiro atoms. The number of anilines is 2. The summed E-state index contributed by atoms with van der Waals surface area (Å²) < 4.78 is 10.8. The lowest BCUT2D eigenvalue weighted by molar-refractivity contribution is 0.0259. The zero-order valence-corrected chi connectivity index (χ0v) is 18.1. The Labute approximate surface area is 183 Å². The lowest BCUT2D eigenvalue weighted by Gasteiger charge is -2.40. The molecule has 1 saturated heterocycles. The Balaban J connectivity index is 1.43. The molecule has 1 aromatic carbocycles. The van der Waals surface area contributed by atoms with Crippen molar-refractivity contribution in [2.75, 3.05) is 63.3 Å². The molecule has 0 radical (unpaired) electrons. The second-order valence-corrected chi connectivity index (χ2v) is 7.69. The summed E-state index contributed by atoms with van der Waals surface area (Å²) in [6.45, 7) is 3.82. The predicted molar refractivity (Wildman–Crippen MR) is 120 cm³/mol. The third-order valence-electron chi connectivity index (χ3n) is 5.23. The second kappa shape index (κ2) is 11.8. The maximum Gasteiger partial charge on any atom is 0.134 e. The quantitative estimate of drug-likeness (QED) is 0.366. The SMILES string of the molecule is CNc1cc(N2CCC[C@@](O)(CNCc3ccc(OCCOCCO)cc3)C2)ncn1. The minimum Gasteiger partial charge on any atom is -0.491 e. The average Bonchev–Trinajstić information content (AvgIpc) is 2.80. The smallest absolute Gasteiger partial charge is 0.134 e. The summed E-state index contributed by atoms with van der Waals surface area (Å²) in [5.41, 5.74) is 0.315. The van der Waals surface area contributed by atoms with Gasteiger partial charge in [0.25, 0.3) is 0 Å². The van der Waals surface area contributed by atoms with Gasteiger partial charge in [0.05, 0.1) is 25.4 Å². The van der Waals surface area contributed by atoms with Crippen LogP contribution in [0, 0.1) is 0 Å². The van der Waals surface area contributed by atoms with E-state index in [0.717, 1.165) is 42.3 Å². The van der Waals surface area contributed by atoms with Crippen LogP contribution < -0.4 is 20.3 Å². The van der Waals surface area contributed by atoms with Crippen LogP contribution in [-0.4, -0.2) is 78.9 Å². The standard InChI is InChI=1S/C22H33N5O4/c1-23-20-13-21(26-17-25-20)27-8-2-7-22(29,16-27)15-24-14-18-3-5-19(6-4-18)31-12-11-30-10-9-28/h3-6,13,17,24,28-29H,2,7-12,14-16H2,1H3,(H,23,25,26)/t22-/m1/s1. The maximum absolute atomic E-state index is 11.1. The van der Waals surface area contributed by atoms with E-state index in [1.165, 1.54) is 0 Å². The molecule has 1 atom stereocenters. The third kappa shape index (κ3) is 7.32. The Morgan fingerprint density at radius 3 is 2.77 bits per heavy atom. The maximum atomic E-state index is 11.1. The van der Waals surface area contributed by atoms with Gasteiger partial charge in [-0.25, -0.2) is 9.97 Å². The molecule has 0 unspecified atom stereocenters. The molecule has 0 amide bonds. The van der Waals surface area contributed by atoms with Crippen LogP contribution in [0.15, 0.2) is 36.7 Å². The van der Waals surface area contributed by atoms with Crippen LogP contribution >= 0.6 is 0 Å². The van der Waals surface area contributed by atoms with E-state index in [-0.39, 0.29) is 6.61 Å². The number of ether oxygens (including phenoxy) is 2. The Bertz CT molecular complexity index is 792. The molecular formula is C22H33N5O4. The predicted octanol–water partition coefficient (Wildman–Crippen LogP) is 1.03. The zero-order chi connectivity index (χ0) is 21.9. The van der Waals surface area contributed by atoms with E-state index in [0.29, 0.717) is 39.5 Å². The van der Waals surface area contributed by atoms with Crippen LogP contribution in [0.5, 0.6) is 5.75 Å². The molecule has 3 rings (SSSR count). The van der Waals surface area contributed by atoms with Crippen molar-refractivity contribution in [3.63, 3.8) is 0 Å². The number of hydrogen-bond acceptors (Lipinski definition) is 9. The van der Waals surface area contributed by atoms with Crippen LogP contribution in [0.4, 0.5) is 11.6 Å². The van der Waals surface area contributed by atoms with Gasteiger partial charge in [0.2, 0.25) is 0 Å². The molecular weight excluding hydrogens is 398 g/mol. The van der Waals surface area contributed by atoms with Gasteiger partial charge < -0.3 is 35.2 Å². The highest BCUT2D eigenvalue weighted by atomic mass is 16.5. The number of aromatic nitrogens is 2. The second-order valence-electron chi connectivity index (χ2n) is 7.69. The van der Waals surface area contributed by atoms with Gasteiger partial charge in [0.1, 0.15) is 30.3 Å². The van der Waals surface area contributed by atoms with Crippen molar-refractivity contribution in [2.24, 2.45) is 0 Å². The number of nitrogens with zero attached hydrogens (tertiary/aromatic N) is 3. The van der Waals surface area contributed by atoms with Crippen molar-refractivity contribution in [3.05, 3.63) is 42.2 Å². The number of aliphatic hydroxyl groups is 2. The molecule has 0 bridgehead atoms. The lowest BCUT2D eigenvalue weighted by Crippen LogP contribution is -2.53. The molecule has 1 aliphatic rings. The van der Waals surface area contributed by atoms with Crippen molar-refractivity contribution in [3.8, 4) is 5.75 Å². The minimum atomic E-state index is -0.805. The molecule has 170 valence electrons. The molecule has 1 fully saturated rings. The Kier molecular flexibility index (Phi) is 8.84. The summed E-state index contributed by atoms with van der Waals surface area (Å²) in [5.74, 6) is 2.38. The summed E-state index contributed by atoms with van der Waals surface area (Å²) in [6, 6.07) is 9.77. The topological polar surface area (TPSA) is 112 Å². The third-order valence-corrected chi connectivity index (χ3v) is 5.23. The number of hydrogen-bond donors (Lipinski definition) is 4. The van der Waals surface area contributed by atoms with E-state index >= 15 is 0 Å². The summed E-state index contributed by atoms with van der Waals surface area (Å²) in [4.78, 5) is 10.6. The molecule has 1 aromatic heterocycles. The van der Waals surface area contributed by atoms with Crippen LogP contribution in [0.2, 0.25) is 0 Å². The number of benzene rings is 1. The van der Waals surface area contributed by atoms with Gasteiger partial charge in [-0.2, -0.15) is 0 Å². The Morgan fingerprint density at radius 2 is 2.00 bits per heavy atom. The van der Waals surface area contributed by atoms with Gasteiger partial charge in [0, 0.05) is 39.3 Å². The van der Waals surface area contributed by atoms with Crippen molar-refractivity contribution < 1.29 is 19.7 Å². The van der Waals surface area contributed by atoms with Crippen molar-refractivity contribution in [2.45, 2.75) is 25.0 Å². The number of piperidine rings is 1. The molecule has 4 N–H and O–H groups in total. The first-order chi connectivity index (χ1) is 15.1. The fourth-order valence-electron chi connectivity index (χ4n) is 3.64. The molecule has 2 heterocycles. The van der Waals surface area contributed by atoms with Crippen LogP contribution in [0.3, 0.4) is 0 Å². The molecule has 0 aliphatic carbocycles. The summed E-state index contributed by atoms with van der Waals surface area (Å²) in [7, 11) is 1.83. The summed E-state index contributed by atoms with van der Waals surface area (Å²) in [6.07, 6.45) is 3.21. The van der Waals surface area contributed by atoms with Crippen molar-refractivity contribution in [1.82, 2.24) is 15.3 Å². The highest BCUT2D eigenvalue weighted by molar-refractivity contribution is 5.48.